The van der Waals surface area contributed by atoms with E-state index in [1.165, 1.54) is 0 Å². The molecular formula is C28H30N4O2. The monoisotopic (exact) mass is 454 g/mol. The first-order valence-corrected chi connectivity index (χ1v) is 11.3. The van der Waals surface area contributed by atoms with Crippen molar-refractivity contribution in [3.05, 3.63) is 108 Å². The van der Waals surface area contributed by atoms with Crippen LogP contribution in [-0.4, -0.2) is 48.3 Å². The molecule has 0 aliphatic heterocycles. The van der Waals surface area contributed by atoms with Crippen molar-refractivity contribution in [2.24, 2.45) is 0 Å². The molecule has 0 saturated carbocycles. The third-order valence-corrected chi connectivity index (χ3v) is 5.82. The Morgan fingerprint density at radius 2 is 1.62 bits per heavy atom. The minimum atomic E-state index is -0.140. The van der Waals surface area contributed by atoms with E-state index >= 15 is 0 Å². The predicted molar refractivity (Wildman–Crippen MR) is 135 cm³/mol. The molecule has 0 bridgehead atoms. The number of aromatic nitrogens is 2. The first-order valence-electron chi connectivity index (χ1n) is 11.3. The Balaban J connectivity index is 1.57. The topological polar surface area (TPSA) is 59.4 Å². The van der Waals surface area contributed by atoms with Gasteiger partial charge in [-0.1, -0.05) is 72.8 Å². The number of rotatable bonds is 9. The first kappa shape index (κ1) is 23.3. The zero-order chi connectivity index (χ0) is 23.9. The van der Waals surface area contributed by atoms with E-state index < -0.39 is 0 Å². The Morgan fingerprint density at radius 3 is 2.24 bits per heavy atom. The highest BCUT2D eigenvalue weighted by molar-refractivity contribution is 5.99. The molecule has 1 amide bonds. The number of hydrogen-bond acceptors (Lipinski definition) is 4. The van der Waals surface area contributed by atoms with Crippen molar-refractivity contribution < 1.29 is 9.53 Å². The molecule has 1 heterocycles. The second kappa shape index (κ2) is 10.8. The third-order valence-electron chi connectivity index (χ3n) is 5.82. The SMILES string of the molecule is COc1ccc([C@@H](CNC(=O)c2cn(Cc3ccccc3)nc2-c2ccccc2)N(C)C)cc1. The molecule has 0 fully saturated rings. The average molecular weight is 455 g/mol. The number of carbonyl (C=O) groups is 1. The van der Waals surface area contributed by atoms with Gasteiger partial charge >= 0.3 is 0 Å². The van der Waals surface area contributed by atoms with Gasteiger partial charge in [-0.3, -0.25) is 9.48 Å². The number of carbonyl (C=O) groups excluding carboxylic acids is 1. The molecule has 0 radical (unpaired) electrons. The third kappa shape index (κ3) is 5.53. The number of ether oxygens (including phenoxy) is 1. The molecule has 4 rings (SSSR count). The van der Waals surface area contributed by atoms with Gasteiger partial charge in [0.25, 0.3) is 5.91 Å². The Morgan fingerprint density at radius 1 is 0.971 bits per heavy atom. The zero-order valence-corrected chi connectivity index (χ0v) is 19.8. The van der Waals surface area contributed by atoms with Crippen LogP contribution in [0, 0.1) is 0 Å². The fourth-order valence-electron chi connectivity index (χ4n) is 3.96. The van der Waals surface area contributed by atoms with Crippen molar-refractivity contribution in [3.8, 4) is 17.0 Å². The maximum atomic E-state index is 13.4. The summed E-state index contributed by atoms with van der Waals surface area (Å²) in [5.74, 6) is 0.669. The van der Waals surface area contributed by atoms with Gasteiger partial charge in [0.2, 0.25) is 0 Å². The van der Waals surface area contributed by atoms with Crippen LogP contribution >= 0.6 is 0 Å². The normalized spacial score (nSPS) is 11.9. The molecular weight excluding hydrogens is 424 g/mol. The van der Waals surface area contributed by atoms with Gasteiger partial charge in [0.15, 0.2) is 0 Å². The highest BCUT2D eigenvalue weighted by Gasteiger charge is 2.21. The van der Waals surface area contributed by atoms with Crippen LogP contribution in [0.25, 0.3) is 11.3 Å². The number of hydrogen-bond donors (Lipinski definition) is 1. The molecule has 0 aliphatic carbocycles. The maximum Gasteiger partial charge on any atom is 0.255 e. The second-order valence-corrected chi connectivity index (χ2v) is 8.40. The summed E-state index contributed by atoms with van der Waals surface area (Å²) in [6.45, 7) is 1.07. The molecule has 4 aromatic rings. The summed E-state index contributed by atoms with van der Waals surface area (Å²) in [5.41, 5.74) is 4.39. The van der Waals surface area contributed by atoms with Crippen LogP contribution < -0.4 is 10.1 Å². The van der Waals surface area contributed by atoms with E-state index in [0.29, 0.717) is 24.3 Å². The number of benzene rings is 3. The van der Waals surface area contributed by atoms with E-state index in [2.05, 4.69) is 22.3 Å². The molecule has 0 spiro atoms. The maximum absolute atomic E-state index is 13.4. The molecule has 3 aromatic carbocycles. The van der Waals surface area contributed by atoms with Gasteiger partial charge in [0.05, 0.1) is 25.3 Å². The van der Waals surface area contributed by atoms with Crippen molar-refractivity contribution in [1.82, 2.24) is 20.0 Å². The average Bonchev–Trinajstić information content (AvgIpc) is 3.29. The van der Waals surface area contributed by atoms with E-state index in [4.69, 9.17) is 9.84 Å². The molecule has 1 atom stereocenters. The van der Waals surface area contributed by atoms with Crippen molar-refractivity contribution in [2.45, 2.75) is 12.6 Å². The predicted octanol–water partition coefficient (Wildman–Crippen LogP) is 4.64. The highest BCUT2D eigenvalue weighted by atomic mass is 16.5. The zero-order valence-electron chi connectivity index (χ0n) is 19.8. The minimum Gasteiger partial charge on any atom is -0.497 e. The Kier molecular flexibility index (Phi) is 7.40. The van der Waals surface area contributed by atoms with Crippen molar-refractivity contribution in [1.29, 1.82) is 0 Å². The summed E-state index contributed by atoms with van der Waals surface area (Å²) in [7, 11) is 5.67. The van der Waals surface area contributed by atoms with Gasteiger partial charge in [-0.05, 0) is 37.4 Å². The molecule has 1 aromatic heterocycles. The number of methoxy groups -OCH3 is 1. The van der Waals surface area contributed by atoms with Gasteiger partial charge in [0, 0.05) is 18.3 Å². The number of likely N-dealkylation sites (N-methyl/N-ethyl adjacent to an activating group) is 1. The van der Waals surface area contributed by atoms with E-state index in [1.807, 2.05) is 97.8 Å². The number of nitrogens with zero attached hydrogens (tertiary/aromatic N) is 3. The number of nitrogens with one attached hydrogen (secondary N) is 1. The number of amides is 1. The largest absolute Gasteiger partial charge is 0.497 e. The van der Waals surface area contributed by atoms with Gasteiger partial charge < -0.3 is 15.0 Å². The van der Waals surface area contributed by atoms with E-state index in [-0.39, 0.29) is 11.9 Å². The lowest BCUT2D eigenvalue weighted by Crippen LogP contribution is -2.34. The Hall–Kier alpha value is -3.90. The minimum absolute atomic E-state index is 0.0226. The quantitative estimate of drug-likeness (QED) is 0.400. The summed E-state index contributed by atoms with van der Waals surface area (Å²) < 4.78 is 7.11. The fraction of sp³-hybridized carbons (Fsp3) is 0.214. The van der Waals surface area contributed by atoms with Crippen LogP contribution in [0.5, 0.6) is 5.75 Å². The summed E-state index contributed by atoms with van der Waals surface area (Å²) >= 11 is 0. The Labute approximate surface area is 200 Å². The molecule has 6 heteroatoms. The Bertz CT molecular complexity index is 1200. The molecule has 0 unspecified atom stereocenters. The lowest BCUT2D eigenvalue weighted by molar-refractivity contribution is 0.0942. The van der Waals surface area contributed by atoms with Crippen LogP contribution in [0.15, 0.2) is 91.1 Å². The van der Waals surface area contributed by atoms with Crippen LogP contribution in [0.3, 0.4) is 0 Å². The van der Waals surface area contributed by atoms with E-state index in [9.17, 15) is 4.79 Å². The molecule has 34 heavy (non-hydrogen) atoms. The highest BCUT2D eigenvalue weighted by Crippen LogP contribution is 2.24. The fourth-order valence-corrected chi connectivity index (χ4v) is 3.96. The summed E-state index contributed by atoms with van der Waals surface area (Å²) in [4.78, 5) is 15.5. The van der Waals surface area contributed by atoms with Gasteiger partial charge in [-0.15, -0.1) is 0 Å². The lowest BCUT2D eigenvalue weighted by atomic mass is 10.0. The van der Waals surface area contributed by atoms with Crippen molar-refractivity contribution in [3.63, 3.8) is 0 Å². The van der Waals surface area contributed by atoms with Gasteiger partial charge in [-0.2, -0.15) is 5.10 Å². The summed E-state index contributed by atoms with van der Waals surface area (Å²) in [6.07, 6.45) is 1.84. The summed E-state index contributed by atoms with van der Waals surface area (Å²) in [5, 5.41) is 7.90. The van der Waals surface area contributed by atoms with Crippen LogP contribution in [0.4, 0.5) is 0 Å². The molecule has 6 nitrogen and oxygen atoms in total. The van der Waals surface area contributed by atoms with Crippen LogP contribution in [0.2, 0.25) is 0 Å². The van der Waals surface area contributed by atoms with Gasteiger partial charge in [0.1, 0.15) is 11.4 Å². The molecule has 0 aliphatic rings. The standard InChI is InChI=1S/C28H30N4O2/c1-31(2)26(22-14-16-24(34-3)17-15-22)18-29-28(33)25-20-32(19-21-10-6-4-7-11-21)30-27(25)23-12-8-5-9-13-23/h4-17,20,26H,18-19H2,1-3H3,(H,29,33)/t26-/m1/s1. The smallest absolute Gasteiger partial charge is 0.255 e. The van der Waals surface area contributed by atoms with Crippen molar-refractivity contribution >= 4 is 5.91 Å². The van der Waals surface area contributed by atoms with E-state index in [0.717, 1.165) is 22.4 Å². The van der Waals surface area contributed by atoms with E-state index in [1.54, 1.807) is 7.11 Å². The van der Waals surface area contributed by atoms with Crippen LogP contribution in [-0.2, 0) is 6.54 Å². The lowest BCUT2D eigenvalue weighted by Gasteiger charge is -2.25. The summed E-state index contributed by atoms with van der Waals surface area (Å²) in [6, 6.07) is 27.9. The second-order valence-electron chi connectivity index (χ2n) is 8.40. The molecule has 0 saturated heterocycles. The molecule has 174 valence electrons. The van der Waals surface area contributed by atoms with Crippen LogP contribution in [0.1, 0.15) is 27.5 Å². The van der Waals surface area contributed by atoms with Crippen molar-refractivity contribution in [2.75, 3.05) is 27.7 Å². The first-order chi connectivity index (χ1) is 16.5. The van der Waals surface area contributed by atoms with Gasteiger partial charge in [-0.25, -0.2) is 0 Å². The molecule has 1 N–H and O–H groups in total.